The summed E-state index contributed by atoms with van der Waals surface area (Å²) >= 11 is 0. The average Bonchev–Trinajstić information content (AvgIpc) is 3.15. The molecule has 0 saturated heterocycles. The van der Waals surface area contributed by atoms with Crippen molar-refractivity contribution in [3.05, 3.63) is 30.0 Å². The van der Waals surface area contributed by atoms with Crippen LogP contribution >= 0.6 is 0 Å². The molecule has 2 aromatic rings. The second kappa shape index (κ2) is 4.37. The predicted octanol–water partition coefficient (Wildman–Crippen LogP) is 3.24. The van der Waals surface area contributed by atoms with E-state index in [-0.39, 0.29) is 0 Å². The summed E-state index contributed by atoms with van der Waals surface area (Å²) in [6.45, 7) is 0. The number of hydrogen-bond donors (Lipinski definition) is 0. The van der Waals surface area contributed by atoms with Gasteiger partial charge in [0, 0.05) is 23.6 Å². The molecule has 18 heavy (non-hydrogen) atoms. The first-order valence-corrected chi connectivity index (χ1v) is 6.00. The Balaban J connectivity index is 1.97. The van der Waals surface area contributed by atoms with Crippen LogP contribution in [0.5, 0.6) is 11.5 Å². The van der Waals surface area contributed by atoms with Crippen LogP contribution in [0.25, 0.3) is 11.3 Å². The van der Waals surface area contributed by atoms with Crippen molar-refractivity contribution in [2.45, 2.75) is 18.8 Å². The minimum atomic E-state index is 0.568. The van der Waals surface area contributed by atoms with E-state index in [1.54, 1.807) is 14.2 Å². The summed E-state index contributed by atoms with van der Waals surface area (Å²) < 4.78 is 15.9. The van der Waals surface area contributed by atoms with Crippen LogP contribution in [-0.2, 0) is 0 Å². The van der Waals surface area contributed by atoms with Gasteiger partial charge in [-0.15, -0.1) is 0 Å². The highest BCUT2D eigenvalue weighted by molar-refractivity contribution is 5.64. The first-order chi connectivity index (χ1) is 8.80. The number of hydrogen-bond acceptors (Lipinski definition) is 4. The van der Waals surface area contributed by atoms with E-state index in [9.17, 15) is 0 Å². The highest BCUT2D eigenvalue weighted by Gasteiger charge is 2.28. The van der Waals surface area contributed by atoms with Gasteiger partial charge >= 0.3 is 0 Å². The van der Waals surface area contributed by atoms with Crippen molar-refractivity contribution in [1.82, 2.24) is 5.16 Å². The van der Waals surface area contributed by atoms with Gasteiger partial charge in [0.15, 0.2) is 0 Å². The van der Waals surface area contributed by atoms with Gasteiger partial charge in [-0.3, -0.25) is 0 Å². The third-order valence-electron chi connectivity index (χ3n) is 3.16. The van der Waals surface area contributed by atoms with E-state index in [0.29, 0.717) is 5.92 Å². The summed E-state index contributed by atoms with van der Waals surface area (Å²) in [5.41, 5.74) is 1.77. The molecule has 0 N–H and O–H groups in total. The van der Waals surface area contributed by atoms with E-state index >= 15 is 0 Å². The van der Waals surface area contributed by atoms with E-state index in [1.165, 1.54) is 12.8 Å². The molecule has 3 rings (SSSR count). The lowest BCUT2D eigenvalue weighted by molar-refractivity contribution is 0.385. The molecule has 1 fully saturated rings. The molecule has 0 spiro atoms. The molecule has 1 aromatic carbocycles. The summed E-state index contributed by atoms with van der Waals surface area (Å²) in [6.07, 6.45) is 2.41. The summed E-state index contributed by atoms with van der Waals surface area (Å²) in [6, 6.07) is 7.70. The largest absolute Gasteiger partial charge is 0.497 e. The summed E-state index contributed by atoms with van der Waals surface area (Å²) in [5, 5.41) is 4.11. The van der Waals surface area contributed by atoms with Crippen LogP contribution in [0.1, 0.15) is 24.5 Å². The lowest BCUT2D eigenvalue weighted by Gasteiger charge is -2.06. The third kappa shape index (κ3) is 2.06. The highest BCUT2D eigenvalue weighted by Crippen LogP contribution is 2.41. The van der Waals surface area contributed by atoms with Crippen LogP contribution in [0.4, 0.5) is 0 Å². The SMILES string of the molecule is COc1cc(OC)cc(-c2cc(C3CC3)on2)c1. The molecule has 1 heterocycles. The average molecular weight is 245 g/mol. The second-order valence-corrected chi connectivity index (χ2v) is 4.49. The van der Waals surface area contributed by atoms with Gasteiger partial charge in [-0.25, -0.2) is 0 Å². The molecular formula is C14H15NO3. The maximum atomic E-state index is 5.36. The van der Waals surface area contributed by atoms with E-state index < -0.39 is 0 Å². The van der Waals surface area contributed by atoms with Crippen LogP contribution in [0.15, 0.2) is 28.8 Å². The highest BCUT2D eigenvalue weighted by atomic mass is 16.5. The summed E-state index contributed by atoms with van der Waals surface area (Å²) in [4.78, 5) is 0. The normalized spacial score (nSPS) is 14.6. The summed E-state index contributed by atoms with van der Waals surface area (Å²) in [7, 11) is 3.27. The molecule has 0 aliphatic heterocycles. The van der Waals surface area contributed by atoms with Gasteiger partial charge in [-0.2, -0.15) is 0 Å². The number of nitrogens with zero attached hydrogens (tertiary/aromatic N) is 1. The Kier molecular flexibility index (Phi) is 2.70. The smallest absolute Gasteiger partial charge is 0.140 e. The Bertz CT molecular complexity index is 536. The first-order valence-electron chi connectivity index (χ1n) is 6.00. The zero-order valence-corrected chi connectivity index (χ0v) is 10.5. The van der Waals surface area contributed by atoms with Crippen LogP contribution in [0.3, 0.4) is 0 Å². The number of rotatable bonds is 4. The molecule has 1 aromatic heterocycles. The Hall–Kier alpha value is -1.97. The molecule has 0 atom stereocenters. The molecule has 94 valence electrons. The molecule has 1 saturated carbocycles. The van der Waals surface area contributed by atoms with Crippen LogP contribution in [-0.4, -0.2) is 19.4 Å². The zero-order valence-electron chi connectivity index (χ0n) is 10.5. The lowest BCUT2D eigenvalue weighted by Crippen LogP contribution is -1.88. The number of aromatic nitrogens is 1. The van der Waals surface area contributed by atoms with Gasteiger partial charge in [0.05, 0.1) is 14.2 Å². The maximum absolute atomic E-state index is 5.36. The van der Waals surface area contributed by atoms with E-state index in [2.05, 4.69) is 5.16 Å². The Morgan fingerprint density at radius 2 is 1.72 bits per heavy atom. The number of benzene rings is 1. The first kappa shape index (κ1) is 11.1. The summed E-state index contributed by atoms with van der Waals surface area (Å²) in [5.74, 6) is 3.05. The van der Waals surface area contributed by atoms with Crippen LogP contribution in [0.2, 0.25) is 0 Å². The quantitative estimate of drug-likeness (QED) is 0.829. The number of ether oxygens (including phenoxy) is 2. The van der Waals surface area contributed by atoms with Crippen molar-refractivity contribution in [3.63, 3.8) is 0 Å². The maximum Gasteiger partial charge on any atom is 0.140 e. The van der Waals surface area contributed by atoms with Gasteiger partial charge in [0.2, 0.25) is 0 Å². The van der Waals surface area contributed by atoms with Crippen molar-refractivity contribution in [3.8, 4) is 22.8 Å². The predicted molar refractivity (Wildman–Crippen MR) is 67.0 cm³/mol. The zero-order chi connectivity index (χ0) is 12.5. The van der Waals surface area contributed by atoms with Crippen molar-refractivity contribution >= 4 is 0 Å². The fraction of sp³-hybridized carbons (Fsp3) is 0.357. The number of methoxy groups -OCH3 is 2. The minimum absolute atomic E-state index is 0.568. The molecule has 0 bridgehead atoms. The topological polar surface area (TPSA) is 44.5 Å². The van der Waals surface area contributed by atoms with Crippen molar-refractivity contribution < 1.29 is 14.0 Å². The fourth-order valence-corrected chi connectivity index (χ4v) is 1.94. The van der Waals surface area contributed by atoms with Gasteiger partial charge in [0.25, 0.3) is 0 Å². The Morgan fingerprint density at radius 1 is 1.06 bits per heavy atom. The van der Waals surface area contributed by atoms with Gasteiger partial charge < -0.3 is 14.0 Å². The lowest BCUT2D eigenvalue weighted by atomic mass is 10.1. The minimum Gasteiger partial charge on any atom is -0.497 e. The Morgan fingerprint density at radius 3 is 2.28 bits per heavy atom. The molecular weight excluding hydrogens is 230 g/mol. The van der Waals surface area contributed by atoms with E-state index in [1.807, 2.05) is 24.3 Å². The standard InChI is InChI=1S/C14H15NO3/c1-16-11-5-10(6-12(7-11)17-2)13-8-14(18-15-13)9-3-4-9/h5-9H,3-4H2,1-2H3. The van der Waals surface area contributed by atoms with Gasteiger partial charge in [-0.05, 0) is 25.0 Å². The van der Waals surface area contributed by atoms with Crippen molar-refractivity contribution in [1.29, 1.82) is 0 Å². The van der Waals surface area contributed by atoms with E-state index in [4.69, 9.17) is 14.0 Å². The van der Waals surface area contributed by atoms with Gasteiger partial charge in [-0.1, -0.05) is 5.16 Å². The molecule has 4 heteroatoms. The van der Waals surface area contributed by atoms with Crippen molar-refractivity contribution in [2.24, 2.45) is 0 Å². The molecule has 1 aliphatic rings. The van der Waals surface area contributed by atoms with Crippen LogP contribution in [0, 0.1) is 0 Å². The van der Waals surface area contributed by atoms with E-state index in [0.717, 1.165) is 28.5 Å². The monoisotopic (exact) mass is 245 g/mol. The molecule has 4 nitrogen and oxygen atoms in total. The molecule has 0 unspecified atom stereocenters. The fourth-order valence-electron chi connectivity index (χ4n) is 1.94. The molecule has 0 amide bonds. The second-order valence-electron chi connectivity index (χ2n) is 4.49. The third-order valence-corrected chi connectivity index (χ3v) is 3.16. The van der Waals surface area contributed by atoms with Crippen molar-refractivity contribution in [2.75, 3.05) is 14.2 Å². The molecule has 1 aliphatic carbocycles. The van der Waals surface area contributed by atoms with Gasteiger partial charge in [0.1, 0.15) is 23.0 Å². The Labute approximate surface area is 105 Å². The molecule has 0 radical (unpaired) electrons. The van der Waals surface area contributed by atoms with Crippen LogP contribution < -0.4 is 9.47 Å².